The molecule has 1 saturated carbocycles. The number of unbranched alkanes of at least 4 members (excludes halogenated alkanes) is 2. The number of hydrogen-bond donors (Lipinski definition) is 1. The van der Waals surface area contributed by atoms with Gasteiger partial charge in [-0.25, -0.2) is 0 Å². The number of amides is 1. The van der Waals surface area contributed by atoms with E-state index in [1.807, 2.05) is 12.1 Å². The first kappa shape index (κ1) is 25.4. The molecule has 4 nitrogen and oxygen atoms in total. The summed E-state index contributed by atoms with van der Waals surface area (Å²) < 4.78 is 0. The van der Waals surface area contributed by atoms with Crippen LogP contribution in [0.15, 0.2) is 60.7 Å². The summed E-state index contributed by atoms with van der Waals surface area (Å²) in [5.74, 6) is 0.459. The molecule has 5 rings (SSSR count). The number of anilines is 1. The molecule has 5 heteroatoms. The minimum Gasteiger partial charge on any atom is -0.321 e. The van der Waals surface area contributed by atoms with Gasteiger partial charge >= 0.3 is 0 Å². The fraction of sp³-hybridized carbons (Fsp3) is 0.344. The summed E-state index contributed by atoms with van der Waals surface area (Å²) in [6.07, 6.45) is 10.3. The lowest BCUT2D eigenvalue weighted by molar-refractivity contribution is 0.0978. The molecule has 0 unspecified atom stereocenters. The molecule has 3 aromatic rings. The number of fused-ring (bicyclic) bond motifs is 2. The van der Waals surface area contributed by atoms with E-state index in [1.54, 1.807) is 36.4 Å². The van der Waals surface area contributed by atoms with Crippen LogP contribution in [0, 0.1) is 5.92 Å². The molecule has 1 N–H and O–H groups in total. The summed E-state index contributed by atoms with van der Waals surface area (Å²) in [7, 11) is 0. The van der Waals surface area contributed by atoms with Crippen LogP contribution in [0.5, 0.6) is 0 Å². The molecule has 37 heavy (non-hydrogen) atoms. The van der Waals surface area contributed by atoms with Crippen molar-refractivity contribution in [2.24, 2.45) is 5.92 Å². The fourth-order valence-corrected chi connectivity index (χ4v) is 6.10. The summed E-state index contributed by atoms with van der Waals surface area (Å²) in [6, 6.07) is 17.6. The summed E-state index contributed by atoms with van der Waals surface area (Å²) in [6.45, 7) is 2.25. The smallest absolute Gasteiger partial charge is 0.255 e. The van der Waals surface area contributed by atoms with Crippen molar-refractivity contribution in [2.45, 2.75) is 64.2 Å². The van der Waals surface area contributed by atoms with Gasteiger partial charge in [0.05, 0.1) is 21.8 Å². The van der Waals surface area contributed by atoms with Crippen LogP contribution < -0.4 is 5.32 Å². The Morgan fingerprint density at radius 2 is 1.49 bits per heavy atom. The predicted molar refractivity (Wildman–Crippen MR) is 148 cm³/mol. The van der Waals surface area contributed by atoms with Gasteiger partial charge in [-0.3, -0.25) is 14.4 Å². The van der Waals surface area contributed by atoms with E-state index in [9.17, 15) is 14.4 Å². The second-order valence-corrected chi connectivity index (χ2v) is 10.7. The maximum absolute atomic E-state index is 13.3. The first-order valence-electron chi connectivity index (χ1n) is 13.4. The van der Waals surface area contributed by atoms with Crippen molar-refractivity contribution < 1.29 is 14.4 Å². The lowest BCUT2D eigenvalue weighted by Gasteiger charge is -2.29. The van der Waals surface area contributed by atoms with Crippen molar-refractivity contribution in [1.29, 1.82) is 0 Å². The molecule has 0 atom stereocenters. The van der Waals surface area contributed by atoms with Crippen molar-refractivity contribution in [3.63, 3.8) is 0 Å². The van der Waals surface area contributed by atoms with Gasteiger partial charge in [-0.15, -0.1) is 0 Å². The second-order valence-electron chi connectivity index (χ2n) is 10.3. The van der Waals surface area contributed by atoms with Crippen LogP contribution in [-0.4, -0.2) is 17.5 Å². The minimum atomic E-state index is -0.324. The molecule has 0 aliphatic heterocycles. The number of carbonyl (C=O) groups is 3. The molecule has 0 spiro atoms. The maximum atomic E-state index is 13.3. The largest absolute Gasteiger partial charge is 0.321 e. The van der Waals surface area contributed by atoms with E-state index in [0.29, 0.717) is 28.3 Å². The Morgan fingerprint density at radius 3 is 2.14 bits per heavy atom. The SMILES string of the molecule is CCCCCC1CCC(c2ccc(C(=O)Nc3ccc(Cl)c4c3C(=O)c3ccccc3C4=O)cc2)CC1. The summed E-state index contributed by atoms with van der Waals surface area (Å²) in [5, 5.41) is 3.05. The second kappa shape index (κ2) is 11.0. The quantitative estimate of drug-likeness (QED) is 0.253. The number of hydrogen-bond acceptors (Lipinski definition) is 3. The average molecular weight is 514 g/mol. The number of ketones is 2. The highest BCUT2D eigenvalue weighted by molar-refractivity contribution is 6.40. The van der Waals surface area contributed by atoms with Crippen LogP contribution in [0.4, 0.5) is 5.69 Å². The lowest BCUT2D eigenvalue weighted by atomic mass is 9.77. The van der Waals surface area contributed by atoms with E-state index in [2.05, 4.69) is 24.4 Å². The van der Waals surface area contributed by atoms with Gasteiger partial charge in [-0.1, -0.05) is 80.6 Å². The van der Waals surface area contributed by atoms with Crippen LogP contribution in [0.3, 0.4) is 0 Å². The van der Waals surface area contributed by atoms with Crippen molar-refractivity contribution in [3.05, 3.63) is 99.1 Å². The zero-order valence-electron chi connectivity index (χ0n) is 21.2. The molecule has 2 aliphatic carbocycles. The predicted octanol–water partition coefficient (Wildman–Crippen LogP) is 8.22. The number of nitrogens with one attached hydrogen (secondary N) is 1. The molecule has 3 aromatic carbocycles. The van der Waals surface area contributed by atoms with E-state index < -0.39 is 0 Å². The maximum Gasteiger partial charge on any atom is 0.255 e. The number of benzene rings is 3. The van der Waals surface area contributed by atoms with Crippen LogP contribution in [0.1, 0.15) is 112 Å². The molecular weight excluding hydrogens is 482 g/mol. The molecular formula is C32H32ClNO3. The van der Waals surface area contributed by atoms with Gasteiger partial charge in [0.2, 0.25) is 0 Å². The highest BCUT2D eigenvalue weighted by Crippen LogP contribution is 2.38. The van der Waals surface area contributed by atoms with Crippen LogP contribution in [0.2, 0.25) is 5.02 Å². The lowest BCUT2D eigenvalue weighted by Crippen LogP contribution is -2.24. The molecule has 190 valence electrons. The molecule has 0 heterocycles. The van der Waals surface area contributed by atoms with Crippen LogP contribution in [-0.2, 0) is 0 Å². The van der Waals surface area contributed by atoms with E-state index in [1.165, 1.54) is 56.9 Å². The van der Waals surface area contributed by atoms with Gasteiger partial charge < -0.3 is 5.32 Å². The monoisotopic (exact) mass is 513 g/mol. The normalized spacial score (nSPS) is 18.8. The number of rotatable bonds is 7. The molecule has 1 fully saturated rings. The Kier molecular flexibility index (Phi) is 7.57. The van der Waals surface area contributed by atoms with E-state index >= 15 is 0 Å². The topological polar surface area (TPSA) is 63.2 Å². The summed E-state index contributed by atoms with van der Waals surface area (Å²) in [4.78, 5) is 39.5. The Labute approximate surface area is 223 Å². The molecule has 0 radical (unpaired) electrons. The van der Waals surface area contributed by atoms with Crippen LogP contribution in [0.25, 0.3) is 0 Å². The van der Waals surface area contributed by atoms with Crippen molar-refractivity contribution >= 4 is 34.8 Å². The molecule has 1 amide bonds. The third-order valence-corrected chi connectivity index (χ3v) is 8.30. The summed E-state index contributed by atoms with van der Waals surface area (Å²) >= 11 is 6.34. The van der Waals surface area contributed by atoms with Gasteiger partial charge in [0.1, 0.15) is 0 Å². The van der Waals surface area contributed by atoms with Crippen molar-refractivity contribution in [2.75, 3.05) is 5.32 Å². The fourth-order valence-electron chi connectivity index (χ4n) is 5.86. The van der Waals surface area contributed by atoms with Crippen molar-refractivity contribution in [3.8, 4) is 0 Å². The van der Waals surface area contributed by atoms with Gasteiger partial charge in [0, 0.05) is 16.7 Å². The third-order valence-electron chi connectivity index (χ3n) is 7.98. The molecule has 0 saturated heterocycles. The first-order chi connectivity index (χ1) is 18.0. The van der Waals surface area contributed by atoms with Gasteiger partial charge in [0.25, 0.3) is 5.91 Å². The number of halogens is 1. The Balaban J connectivity index is 1.29. The zero-order valence-corrected chi connectivity index (χ0v) is 21.9. The van der Waals surface area contributed by atoms with E-state index in [4.69, 9.17) is 11.6 Å². The van der Waals surface area contributed by atoms with Crippen LogP contribution >= 0.6 is 11.6 Å². The number of carbonyl (C=O) groups excluding carboxylic acids is 3. The zero-order chi connectivity index (χ0) is 25.9. The van der Waals surface area contributed by atoms with E-state index in [-0.39, 0.29) is 33.6 Å². The highest BCUT2D eigenvalue weighted by atomic mass is 35.5. The van der Waals surface area contributed by atoms with E-state index in [0.717, 1.165) is 5.92 Å². The average Bonchev–Trinajstić information content (AvgIpc) is 2.93. The standard InChI is InChI=1S/C32H32ClNO3/c1-2-3-4-7-20-10-12-21(13-11-20)22-14-16-23(17-15-22)32(37)34-27-19-18-26(33)28-29(27)31(36)25-9-6-5-8-24(25)30(28)35/h5-6,8-9,14-21H,2-4,7,10-13H2,1H3,(H,34,37). The molecule has 0 aromatic heterocycles. The molecule has 0 bridgehead atoms. The van der Waals surface area contributed by atoms with Gasteiger partial charge in [-0.05, 0) is 67.3 Å². The molecule has 2 aliphatic rings. The Morgan fingerprint density at radius 1 is 0.838 bits per heavy atom. The highest BCUT2D eigenvalue weighted by Gasteiger charge is 2.34. The third kappa shape index (κ3) is 5.13. The first-order valence-corrected chi connectivity index (χ1v) is 13.8. The Bertz CT molecular complexity index is 1340. The summed E-state index contributed by atoms with van der Waals surface area (Å²) in [5.41, 5.74) is 3.03. The Hall–Kier alpha value is -3.24. The minimum absolute atomic E-state index is 0.142. The van der Waals surface area contributed by atoms with Gasteiger partial charge in [0.15, 0.2) is 11.6 Å². The van der Waals surface area contributed by atoms with Crippen molar-refractivity contribution in [1.82, 2.24) is 0 Å². The van der Waals surface area contributed by atoms with Gasteiger partial charge in [-0.2, -0.15) is 0 Å².